The van der Waals surface area contributed by atoms with Crippen LogP contribution in [0, 0.1) is 0 Å². The van der Waals surface area contributed by atoms with Crippen molar-refractivity contribution in [3.05, 3.63) is 66.7 Å². The van der Waals surface area contributed by atoms with E-state index >= 15 is 0 Å². The van der Waals surface area contributed by atoms with Crippen LogP contribution in [-0.4, -0.2) is 19.1 Å². The van der Waals surface area contributed by atoms with E-state index in [0.29, 0.717) is 11.4 Å². The molecule has 0 saturated heterocycles. The lowest BCUT2D eigenvalue weighted by Gasteiger charge is -2.17. The Morgan fingerprint density at radius 3 is 2.42 bits per heavy atom. The van der Waals surface area contributed by atoms with Crippen LogP contribution in [0.1, 0.15) is 6.92 Å². The summed E-state index contributed by atoms with van der Waals surface area (Å²) in [4.78, 5) is 12.5. The summed E-state index contributed by atoms with van der Waals surface area (Å²) >= 11 is 0. The lowest BCUT2D eigenvalue weighted by Crippen LogP contribution is -2.32. The maximum Gasteiger partial charge on any atom is 0.246 e. The summed E-state index contributed by atoms with van der Waals surface area (Å²) in [6, 6.07) is 21.1. The number of amides is 1. The van der Waals surface area contributed by atoms with E-state index in [2.05, 4.69) is 22.8 Å². The number of para-hydroxylation sites is 2. The second kappa shape index (κ2) is 7.04. The molecule has 0 spiro atoms. The summed E-state index contributed by atoms with van der Waals surface area (Å²) in [5.74, 6) is 0.524. The molecule has 0 aliphatic rings. The van der Waals surface area contributed by atoms with Gasteiger partial charge in [0.1, 0.15) is 11.8 Å². The van der Waals surface area contributed by atoms with Crippen molar-refractivity contribution in [1.82, 2.24) is 0 Å². The van der Waals surface area contributed by atoms with Crippen LogP contribution < -0.4 is 15.4 Å². The standard InChI is InChI=1S/C20H20N2O2/c1-14(20(23)22-18-11-5-6-13-19(18)24-2)21-17-12-7-9-15-8-3-4-10-16(15)17/h3-14,21H,1-2H3,(H,22,23)/t14-/m1/s1. The van der Waals surface area contributed by atoms with Gasteiger partial charge >= 0.3 is 0 Å². The van der Waals surface area contributed by atoms with E-state index in [9.17, 15) is 4.79 Å². The van der Waals surface area contributed by atoms with Gasteiger partial charge in [0, 0.05) is 11.1 Å². The minimum Gasteiger partial charge on any atom is -0.495 e. The number of nitrogens with one attached hydrogen (secondary N) is 2. The third-order valence-electron chi connectivity index (χ3n) is 3.92. The molecular formula is C20H20N2O2. The number of methoxy groups -OCH3 is 1. The molecule has 4 heteroatoms. The summed E-state index contributed by atoms with van der Waals surface area (Å²) < 4.78 is 5.27. The average Bonchev–Trinajstić information content (AvgIpc) is 2.62. The zero-order chi connectivity index (χ0) is 16.9. The van der Waals surface area contributed by atoms with Gasteiger partial charge in [-0.3, -0.25) is 4.79 Å². The second-order valence-corrected chi connectivity index (χ2v) is 5.58. The van der Waals surface area contributed by atoms with Crippen molar-refractivity contribution >= 4 is 28.1 Å². The van der Waals surface area contributed by atoms with Gasteiger partial charge in [-0.05, 0) is 30.5 Å². The van der Waals surface area contributed by atoms with Gasteiger partial charge in [0.2, 0.25) is 5.91 Å². The summed E-state index contributed by atoms with van der Waals surface area (Å²) in [5, 5.41) is 8.43. The number of fused-ring (bicyclic) bond motifs is 1. The smallest absolute Gasteiger partial charge is 0.246 e. The summed E-state index contributed by atoms with van der Waals surface area (Å²) in [5.41, 5.74) is 1.60. The highest BCUT2D eigenvalue weighted by Crippen LogP contribution is 2.25. The number of anilines is 2. The van der Waals surface area contributed by atoms with Crippen molar-refractivity contribution in [2.24, 2.45) is 0 Å². The molecule has 0 aromatic heterocycles. The molecule has 3 rings (SSSR count). The molecule has 0 aliphatic heterocycles. The Bertz CT molecular complexity index is 856. The van der Waals surface area contributed by atoms with Crippen molar-refractivity contribution in [2.45, 2.75) is 13.0 Å². The van der Waals surface area contributed by atoms with Gasteiger partial charge in [-0.25, -0.2) is 0 Å². The Kier molecular flexibility index (Phi) is 4.66. The Balaban J connectivity index is 1.76. The molecule has 122 valence electrons. The molecule has 24 heavy (non-hydrogen) atoms. The van der Waals surface area contributed by atoms with Crippen LogP contribution >= 0.6 is 0 Å². The molecule has 0 bridgehead atoms. The first-order valence-corrected chi connectivity index (χ1v) is 7.87. The van der Waals surface area contributed by atoms with E-state index in [-0.39, 0.29) is 11.9 Å². The highest BCUT2D eigenvalue weighted by atomic mass is 16.5. The first-order chi connectivity index (χ1) is 11.7. The van der Waals surface area contributed by atoms with Gasteiger partial charge in [-0.2, -0.15) is 0 Å². The van der Waals surface area contributed by atoms with E-state index in [1.165, 1.54) is 0 Å². The van der Waals surface area contributed by atoms with E-state index in [1.807, 2.05) is 61.5 Å². The van der Waals surface area contributed by atoms with E-state index < -0.39 is 0 Å². The maximum atomic E-state index is 12.5. The predicted octanol–water partition coefficient (Wildman–Crippen LogP) is 4.29. The maximum absolute atomic E-state index is 12.5. The summed E-state index contributed by atoms with van der Waals surface area (Å²) in [6.07, 6.45) is 0. The van der Waals surface area contributed by atoms with Crippen LogP contribution in [0.3, 0.4) is 0 Å². The highest BCUT2D eigenvalue weighted by Gasteiger charge is 2.15. The molecule has 0 unspecified atom stereocenters. The fourth-order valence-corrected chi connectivity index (χ4v) is 2.64. The number of hydrogen-bond donors (Lipinski definition) is 2. The van der Waals surface area contributed by atoms with Crippen molar-refractivity contribution in [3.8, 4) is 5.75 Å². The fourth-order valence-electron chi connectivity index (χ4n) is 2.64. The van der Waals surface area contributed by atoms with Gasteiger partial charge in [-0.1, -0.05) is 48.5 Å². The number of carbonyl (C=O) groups is 1. The van der Waals surface area contributed by atoms with Crippen LogP contribution in [0.2, 0.25) is 0 Å². The van der Waals surface area contributed by atoms with Crippen LogP contribution in [0.5, 0.6) is 5.75 Å². The van der Waals surface area contributed by atoms with Crippen LogP contribution in [0.15, 0.2) is 66.7 Å². The van der Waals surface area contributed by atoms with Crippen molar-refractivity contribution in [3.63, 3.8) is 0 Å². The third-order valence-corrected chi connectivity index (χ3v) is 3.92. The molecule has 3 aromatic rings. The second-order valence-electron chi connectivity index (χ2n) is 5.58. The quantitative estimate of drug-likeness (QED) is 0.737. The summed E-state index contributed by atoms with van der Waals surface area (Å²) in [6.45, 7) is 1.84. The number of ether oxygens (including phenoxy) is 1. The van der Waals surface area contributed by atoms with Gasteiger partial charge in [0.15, 0.2) is 0 Å². The summed E-state index contributed by atoms with van der Waals surface area (Å²) in [7, 11) is 1.59. The predicted molar refractivity (Wildman–Crippen MR) is 98.7 cm³/mol. The number of hydrogen-bond acceptors (Lipinski definition) is 3. The molecule has 0 radical (unpaired) electrons. The zero-order valence-electron chi connectivity index (χ0n) is 13.7. The van der Waals surface area contributed by atoms with Gasteiger partial charge in [0.25, 0.3) is 0 Å². The SMILES string of the molecule is COc1ccccc1NC(=O)[C@@H](C)Nc1cccc2ccccc12. The van der Waals surface area contributed by atoms with Gasteiger partial charge < -0.3 is 15.4 Å². The molecule has 3 aromatic carbocycles. The molecule has 1 atom stereocenters. The zero-order valence-corrected chi connectivity index (χ0v) is 13.7. The van der Waals surface area contributed by atoms with E-state index in [0.717, 1.165) is 16.5 Å². The molecule has 0 aliphatic carbocycles. The molecular weight excluding hydrogens is 300 g/mol. The molecule has 1 amide bonds. The van der Waals surface area contributed by atoms with Gasteiger partial charge in [-0.15, -0.1) is 0 Å². The van der Waals surface area contributed by atoms with Crippen molar-refractivity contribution in [2.75, 3.05) is 17.7 Å². The lowest BCUT2D eigenvalue weighted by atomic mass is 10.1. The largest absolute Gasteiger partial charge is 0.495 e. The van der Waals surface area contributed by atoms with Crippen molar-refractivity contribution < 1.29 is 9.53 Å². The molecule has 0 saturated carbocycles. The monoisotopic (exact) mass is 320 g/mol. The van der Waals surface area contributed by atoms with Gasteiger partial charge in [0.05, 0.1) is 12.8 Å². The molecule has 0 fully saturated rings. The van der Waals surface area contributed by atoms with Crippen LogP contribution in [0.4, 0.5) is 11.4 Å². The topological polar surface area (TPSA) is 50.4 Å². The average molecular weight is 320 g/mol. The number of benzene rings is 3. The minimum absolute atomic E-state index is 0.118. The Morgan fingerprint density at radius 1 is 0.917 bits per heavy atom. The highest BCUT2D eigenvalue weighted by molar-refractivity contribution is 6.00. The Labute approximate surface area is 141 Å². The Hall–Kier alpha value is -3.01. The molecule has 0 heterocycles. The first-order valence-electron chi connectivity index (χ1n) is 7.87. The third kappa shape index (κ3) is 3.33. The van der Waals surface area contributed by atoms with Crippen LogP contribution in [-0.2, 0) is 4.79 Å². The minimum atomic E-state index is -0.388. The number of carbonyl (C=O) groups excluding carboxylic acids is 1. The molecule has 2 N–H and O–H groups in total. The van der Waals surface area contributed by atoms with Crippen molar-refractivity contribution in [1.29, 1.82) is 0 Å². The number of rotatable bonds is 5. The first kappa shape index (κ1) is 15.9. The van der Waals surface area contributed by atoms with E-state index in [4.69, 9.17) is 4.74 Å². The van der Waals surface area contributed by atoms with E-state index in [1.54, 1.807) is 7.11 Å². The Morgan fingerprint density at radius 2 is 1.58 bits per heavy atom. The van der Waals surface area contributed by atoms with Crippen LogP contribution in [0.25, 0.3) is 10.8 Å². The lowest BCUT2D eigenvalue weighted by molar-refractivity contribution is -0.116. The normalized spacial score (nSPS) is 11.8. The molecule has 4 nitrogen and oxygen atoms in total. The fraction of sp³-hybridized carbons (Fsp3) is 0.150.